The molecule has 1 aromatic rings. The number of benzene rings is 1. The smallest absolute Gasteiger partial charge is 0.276 e. The third-order valence-electron chi connectivity index (χ3n) is 3.57. The van der Waals surface area contributed by atoms with E-state index in [9.17, 15) is 4.79 Å². The predicted molar refractivity (Wildman–Crippen MR) is 82.6 cm³/mol. The van der Waals surface area contributed by atoms with Crippen molar-refractivity contribution in [2.75, 3.05) is 18.5 Å². The van der Waals surface area contributed by atoms with Crippen molar-refractivity contribution in [3.05, 3.63) is 23.8 Å². The second-order valence-corrected chi connectivity index (χ2v) is 5.13. The number of carbonyl (C=O) groups excluding carboxylic acids is 1. The van der Waals surface area contributed by atoms with Gasteiger partial charge in [0, 0.05) is 12.1 Å². The van der Waals surface area contributed by atoms with E-state index in [1.54, 1.807) is 6.07 Å². The molecule has 21 heavy (non-hydrogen) atoms. The molecule has 1 aliphatic carbocycles. The number of ether oxygens (including phenoxy) is 1. The van der Waals surface area contributed by atoms with Crippen LogP contribution in [-0.4, -0.2) is 25.2 Å². The summed E-state index contributed by atoms with van der Waals surface area (Å²) in [6.07, 6.45) is 4.77. The second-order valence-electron chi connectivity index (χ2n) is 5.13. The highest BCUT2D eigenvalue weighted by atomic mass is 16.6. The molecule has 2 rings (SSSR count). The molecule has 0 unspecified atom stereocenters. The molecule has 0 saturated heterocycles. The van der Waals surface area contributed by atoms with Gasteiger partial charge in [0.05, 0.1) is 24.5 Å². The van der Waals surface area contributed by atoms with E-state index in [2.05, 4.69) is 10.8 Å². The molecule has 1 amide bonds. The minimum atomic E-state index is -0.236. The van der Waals surface area contributed by atoms with Gasteiger partial charge in [-0.2, -0.15) is 0 Å². The average molecular weight is 292 g/mol. The van der Waals surface area contributed by atoms with Crippen LogP contribution in [0.15, 0.2) is 18.2 Å². The van der Waals surface area contributed by atoms with Crippen molar-refractivity contribution in [2.24, 2.45) is 0 Å². The molecule has 1 fully saturated rings. The van der Waals surface area contributed by atoms with Crippen molar-refractivity contribution in [1.82, 2.24) is 5.48 Å². The van der Waals surface area contributed by atoms with E-state index in [1.807, 2.05) is 26.0 Å². The molecule has 116 valence electrons. The van der Waals surface area contributed by atoms with Crippen molar-refractivity contribution in [2.45, 2.75) is 45.6 Å². The minimum absolute atomic E-state index is 0.236. The number of nitrogens with one attached hydrogen (secondary N) is 2. The Morgan fingerprint density at radius 3 is 2.67 bits per heavy atom. The van der Waals surface area contributed by atoms with Crippen molar-refractivity contribution < 1.29 is 14.4 Å². The van der Waals surface area contributed by atoms with Crippen LogP contribution in [0.25, 0.3) is 0 Å². The van der Waals surface area contributed by atoms with Crippen LogP contribution >= 0.6 is 0 Å². The third kappa shape index (κ3) is 4.36. The summed E-state index contributed by atoms with van der Waals surface area (Å²) in [6.45, 7) is 4.82. The highest BCUT2D eigenvalue weighted by molar-refractivity contribution is 5.99. The number of amides is 1. The van der Waals surface area contributed by atoms with Gasteiger partial charge in [0.15, 0.2) is 0 Å². The average Bonchev–Trinajstić information content (AvgIpc) is 2.98. The van der Waals surface area contributed by atoms with Crippen molar-refractivity contribution in [1.29, 1.82) is 0 Å². The monoisotopic (exact) mass is 292 g/mol. The van der Waals surface area contributed by atoms with Crippen LogP contribution in [0, 0.1) is 0 Å². The maximum Gasteiger partial charge on any atom is 0.276 e. The van der Waals surface area contributed by atoms with Crippen LogP contribution in [0.1, 0.15) is 49.9 Å². The summed E-state index contributed by atoms with van der Waals surface area (Å²) in [4.78, 5) is 17.1. The van der Waals surface area contributed by atoms with Crippen LogP contribution in [0.2, 0.25) is 0 Å². The van der Waals surface area contributed by atoms with Gasteiger partial charge in [-0.25, -0.2) is 5.48 Å². The molecule has 0 bridgehead atoms. The van der Waals surface area contributed by atoms with Gasteiger partial charge >= 0.3 is 0 Å². The predicted octanol–water partition coefficient (Wildman–Crippen LogP) is 3.12. The number of anilines is 1. The number of hydrogen-bond donors (Lipinski definition) is 2. The zero-order valence-electron chi connectivity index (χ0n) is 12.8. The van der Waals surface area contributed by atoms with E-state index in [-0.39, 0.29) is 5.91 Å². The molecule has 1 aliphatic rings. The van der Waals surface area contributed by atoms with Crippen molar-refractivity contribution in [3.8, 4) is 5.75 Å². The lowest BCUT2D eigenvalue weighted by Gasteiger charge is -2.18. The largest absolute Gasteiger partial charge is 0.494 e. The first-order valence-electron chi connectivity index (χ1n) is 7.70. The zero-order chi connectivity index (χ0) is 15.1. The topological polar surface area (TPSA) is 59.6 Å². The standard InChI is InChI=1S/C16H24N2O3/c1-3-20-13-9-10-14(16(19)18-21-4-2)15(11-13)17-12-7-5-6-8-12/h9-12,17H,3-8H2,1-2H3,(H,18,19). The maximum absolute atomic E-state index is 12.2. The molecule has 5 heteroatoms. The fourth-order valence-electron chi connectivity index (χ4n) is 2.58. The van der Waals surface area contributed by atoms with Gasteiger partial charge in [0.2, 0.25) is 0 Å². The normalized spacial score (nSPS) is 15.0. The first-order chi connectivity index (χ1) is 10.2. The first kappa shape index (κ1) is 15.6. The molecule has 1 aromatic carbocycles. The van der Waals surface area contributed by atoms with Crippen LogP contribution in [0.3, 0.4) is 0 Å². The molecule has 0 heterocycles. The highest BCUT2D eigenvalue weighted by Gasteiger charge is 2.19. The summed E-state index contributed by atoms with van der Waals surface area (Å²) in [5.41, 5.74) is 3.84. The highest BCUT2D eigenvalue weighted by Crippen LogP contribution is 2.27. The summed E-state index contributed by atoms with van der Waals surface area (Å²) in [6, 6.07) is 5.91. The van der Waals surface area contributed by atoms with Crippen LogP contribution in [0.4, 0.5) is 5.69 Å². The van der Waals surface area contributed by atoms with E-state index in [0.29, 0.717) is 24.8 Å². The molecular formula is C16H24N2O3. The van der Waals surface area contributed by atoms with Gasteiger partial charge in [-0.05, 0) is 38.8 Å². The molecule has 0 radical (unpaired) electrons. The SMILES string of the molecule is CCONC(=O)c1ccc(OCC)cc1NC1CCCC1. The van der Waals surface area contributed by atoms with Crippen molar-refractivity contribution >= 4 is 11.6 Å². The minimum Gasteiger partial charge on any atom is -0.494 e. The molecule has 2 N–H and O–H groups in total. The Labute approximate surface area is 126 Å². The number of rotatable bonds is 7. The van der Waals surface area contributed by atoms with Gasteiger partial charge in [-0.15, -0.1) is 0 Å². The van der Waals surface area contributed by atoms with E-state index >= 15 is 0 Å². The first-order valence-corrected chi connectivity index (χ1v) is 7.70. The van der Waals surface area contributed by atoms with Gasteiger partial charge in [0.1, 0.15) is 5.75 Å². The fourth-order valence-corrected chi connectivity index (χ4v) is 2.58. The summed E-state index contributed by atoms with van der Waals surface area (Å²) in [5, 5.41) is 3.47. The lowest BCUT2D eigenvalue weighted by atomic mass is 10.1. The van der Waals surface area contributed by atoms with Crippen LogP contribution < -0.4 is 15.5 Å². The van der Waals surface area contributed by atoms with Gasteiger partial charge in [-0.1, -0.05) is 12.8 Å². The van der Waals surface area contributed by atoms with E-state index < -0.39 is 0 Å². The Balaban J connectivity index is 2.17. The van der Waals surface area contributed by atoms with Crippen molar-refractivity contribution in [3.63, 3.8) is 0 Å². The Morgan fingerprint density at radius 1 is 1.24 bits per heavy atom. The number of carbonyl (C=O) groups is 1. The molecule has 5 nitrogen and oxygen atoms in total. The lowest BCUT2D eigenvalue weighted by molar-refractivity contribution is 0.0365. The summed E-state index contributed by atoms with van der Waals surface area (Å²) in [5.74, 6) is 0.534. The third-order valence-corrected chi connectivity index (χ3v) is 3.57. The fraction of sp³-hybridized carbons (Fsp3) is 0.562. The Kier molecular flexibility index (Phi) is 5.87. The molecular weight excluding hydrogens is 268 g/mol. The van der Waals surface area contributed by atoms with Gasteiger partial charge < -0.3 is 10.1 Å². The Bertz CT molecular complexity index is 471. The summed E-state index contributed by atoms with van der Waals surface area (Å²) < 4.78 is 5.52. The molecule has 0 aliphatic heterocycles. The summed E-state index contributed by atoms with van der Waals surface area (Å²) >= 11 is 0. The van der Waals surface area contributed by atoms with Gasteiger partial charge in [0.25, 0.3) is 5.91 Å². The molecule has 0 atom stereocenters. The zero-order valence-corrected chi connectivity index (χ0v) is 12.8. The van der Waals surface area contributed by atoms with E-state index in [4.69, 9.17) is 9.57 Å². The Hall–Kier alpha value is -1.75. The van der Waals surface area contributed by atoms with Crippen LogP contribution in [-0.2, 0) is 4.84 Å². The summed E-state index contributed by atoms with van der Waals surface area (Å²) in [7, 11) is 0. The quantitative estimate of drug-likeness (QED) is 0.758. The van der Waals surface area contributed by atoms with Crippen LogP contribution in [0.5, 0.6) is 5.75 Å². The number of hydrogen-bond acceptors (Lipinski definition) is 4. The van der Waals surface area contributed by atoms with Gasteiger partial charge in [-0.3, -0.25) is 9.63 Å². The van der Waals surface area contributed by atoms with E-state index in [0.717, 1.165) is 24.3 Å². The molecule has 0 spiro atoms. The maximum atomic E-state index is 12.2. The molecule has 1 saturated carbocycles. The Morgan fingerprint density at radius 2 is 2.00 bits per heavy atom. The molecule has 0 aromatic heterocycles. The lowest BCUT2D eigenvalue weighted by Crippen LogP contribution is -2.26. The number of hydroxylamine groups is 1. The van der Waals surface area contributed by atoms with E-state index in [1.165, 1.54) is 12.8 Å². The second kappa shape index (κ2) is 7.88.